The first-order valence-corrected chi connectivity index (χ1v) is 10.1. The highest BCUT2D eigenvalue weighted by atomic mass is 16.5. The van der Waals surface area contributed by atoms with Gasteiger partial charge in [0, 0.05) is 49.7 Å². The number of anilines is 1. The van der Waals surface area contributed by atoms with E-state index in [1.165, 1.54) is 0 Å². The van der Waals surface area contributed by atoms with Crippen molar-refractivity contribution in [2.24, 2.45) is 5.92 Å². The maximum Gasteiger partial charge on any atom is 0.233 e. The van der Waals surface area contributed by atoms with Crippen molar-refractivity contribution in [1.29, 1.82) is 0 Å². The number of hydrogen-bond donors (Lipinski definition) is 0. The Labute approximate surface area is 178 Å². The summed E-state index contributed by atoms with van der Waals surface area (Å²) < 4.78 is 10.6. The maximum absolute atomic E-state index is 12.9. The zero-order valence-electron chi connectivity index (χ0n) is 17.0. The van der Waals surface area contributed by atoms with E-state index in [2.05, 4.69) is 15.1 Å². The number of nitrogens with zero attached hydrogens (tertiary/aromatic N) is 5. The van der Waals surface area contributed by atoms with Crippen LogP contribution in [0.2, 0.25) is 0 Å². The minimum absolute atomic E-state index is 0.00511. The molecule has 0 spiro atoms. The maximum atomic E-state index is 12.9. The molecule has 158 valence electrons. The van der Waals surface area contributed by atoms with Crippen LogP contribution >= 0.6 is 0 Å². The average molecular weight is 419 g/mol. The molecule has 3 aromatic rings. The van der Waals surface area contributed by atoms with Crippen molar-refractivity contribution < 1.29 is 18.8 Å². The van der Waals surface area contributed by atoms with Gasteiger partial charge in [0.1, 0.15) is 5.75 Å². The Morgan fingerprint density at radius 2 is 1.84 bits per heavy atom. The van der Waals surface area contributed by atoms with Crippen molar-refractivity contribution in [3.05, 3.63) is 54.7 Å². The first-order valence-electron chi connectivity index (χ1n) is 10.1. The Balaban J connectivity index is 1.19. The highest BCUT2D eigenvalue weighted by molar-refractivity contribution is 6.00. The van der Waals surface area contributed by atoms with Gasteiger partial charge in [-0.05, 0) is 36.4 Å². The molecule has 2 fully saturated rings. The number of benzene rings is 1. The van der Waals surface area contributed by atoms with Gasteiger partial charge in [-0.1, -0.05) is 5.16 Å². The first kappa shape index (κ1) is 19.2. The van der Waals surface area contributed by atoms with Crippen LogP contribution in [-0.4, -0.2) is 58.6 Å². The number of ether oxygens (including phenoxy) is 1. The van der Waals surface area contributed by atoms with Crippen molar-refractivity contribution in [3.8, 4) is 17.1 Å². The summed E-state index contributed by atoms with van der Waals surface area (Å²) in [6, 6.07) is 10.9. The summed E-state index contributed by atoms with van der Waals surface area (Å²) in [7, 11) is 1.60. The number of aromatic nitrogens is 3. The third kappa shape index (κ3) is 3.63. The molecule has 2 aliphatic heterocycles. The van der Waals surface area contributed by atoms with E-state index < -0.39 is 0 Å². The molecule has 0 aliphatic carbocycles. The Morgan fingerprint density at radius 3 is 2.55 bits per heavy atom. The van der Waals surface area contributed by atoms with E-state index in [9.17, 15) is 9.59 Å². The molecule has 1 atom stereocenters. The number of methoxy groups -OCH3 is 1. The van der Waals surface area contributed by atoms with E-state index in [1.54, 1.807) is 29.3 Å². The third-order valence-electron chi connectivity index (χ3n) is 5.78. The topological polar surface area (TPSA) is 102 Å². The molecule has 4 heterocycles. The van der Waals surface area contributed by atoms with E-state index in [4.69, 9.17) is 9.26 Å². The number of hydrogen-bond acceptors (Lipinski definition) is 7. The normalized spacial score (nSPS) is 18.9. The number of rotatable bonds is 5. The van der Waals surface area contributed by atoms with Crippen molar-refractivity contribution in [2.45, 2.75) is 12.3 Å². The molecule has 2 aromatic heterocycles. The Morgan fingerprint density at radius 1 is 1.10 bits per heavy atom. The number of likely N-dealkylation sites (tertiary alicyclic amines) is 1. The first-order chi connectivity index (χ1) is 15.1. The van der Waals surface area contributed by atoms with Crippen molar-refractivity contribution in [1.82, 2.24) is 20.0 Å². The largest absolute Gasteiger partial charge is 0.497 e. The smallest absolute Gasteiger partial charge is 0.233 e. The van der Waals surface area contributed by atoms with Gasteiger partial charge >= 0.3 is 0 Å². The minimum atomic E-state index is -0.342. The summed E-state index contributed by atoms with van der Waals surface area (Å²) in [4.78, 5) is 37.3. The summed E-state index contributed by atoms with van der Waals surface area (Å²) in [5, 5.41) is 4.02. The zero-order chi connectivity index (χ0) is 21.4. The SMILES string of the molecule is COc1ccc(N2CC(C(=O)N3CC(c4nc(-c5ccncc5)no4)C3)CC2=O)cc1. The van der Waals surface area contributed by atoms with Gasteiger partial charge in [-0.2, -0.15) is 4.98 Å². The summed E-state index contributed by atoms with van der Waals surface area (Å²) in [5.74, 6) is 1.39. The van der Waals surface area contributed by atoms with E-state index >= 15 is 0 Å². The van der Waals surface area contributed by atoms with Crippen LogP contribution in [0.5, 0.6) is 5.75 Å². The quantitative estimate of drug-likeness (QED) is 0.624. The van der Waals surface area contributed by atoms with Crippen LogP contribution in [0.3, 0.4) is 0 Å². The predicted molar refractivity (Wildman–Crippen MR) is 110 cm³/mol. The Hall–Kier alpha value is -3.75. The van der Waals surface area contributed by atoms with Crippen LogP contribution in [0.1, 0.15) is 18.2 Å². The molecule has 0 saturated carbocycles. The lowest BCUT2D eigenvalue weighted by Gasteiger charge is -2.38. The molecule has 1 unspecified atom stereocenters. The van der Waals surface area contributed by atoms with Crippen LogP contribution in [0.15, 0.2) is 53.3 Å². The molecule has 0 bridgehead atoms. The summed E-state index contributed by atoms with van der Waals surface area (Å²) >= 11 is 0. The second-order valence-corrected chi connectivity index (χ2v) is 7.74. The zero-order valence-corrected chi connectivity index (χ0v) is 17.0. The van der Waals surface area contributed by atoms with Gasteiger partial charge in [0.25, 0.3) is 0 Å². The van der Waals surface area contributed by atoms with Gasteiger partial charge in [0.15, 0.2) is 0 Å². The van der Waals surface area contributed by atoms with E-state index in [1.807, 2.05) is 36.4 Å². The summed E-state index contributed by atoms with van der Waals surface area (Å²) in [5.41, 5.74) is 1.61. The van der Waals surface area contributed by atoms with Gasteiger partial charge in [-0.15, -0.1) is 0 Å². The molecule has 1 aromatic carbocycles. The van der Waals surface area contributed by atoms with Crippen LogP contribution in [0.4, 0.5) is 5.69 Å². The molecule has 9 heteroatoms. The molecule has 0 radical (unpaired) electrons. The lowest BCUT2D eigenvalue weighted by molar-refractivity contribution is -0.140. The molecule has 2 aliphatic rings. The molecule has 0 N–H and O–H groups in total. The number of carbonyl (C=O) groups excluding carboxylic acids is 2. The molecular formula is C22H21N5O4. The standard InChI is InChI=1S/C22H21N5O4/c1-30-18-4-2-17(3-5-18)27-13-15(10-19(27)28)22(29)26-11-16(12-26)21-24-20(25-31-21)14-6-8-23-9-7-14/h2-9,15-16H,10-13H2,1H3. The van der Waals surface area contributed by atoms with Crippen LogP contribution in [0.25, 0.3) is 11.4 Å². The summed E-state index contributed by atoms with van der Waals surface area (Å²) in [6.07, 6.45) is 3.57. The lowest BCUT2D eigenvalue weighted by Crippen LogP contribution is -2.51. The van der Waals surface area contributed by atoms with Crippen molar-refractivity contribution in [2.75, 3.05) is 31.6 Å². The van der Waals surface area contributed by atoms with Gasteiger partial charge in [0.2, 0.25) is 23.5 Å². The summed E-state index contributed by atoms with van der Waals surface area (Å²) in [6.45, 7) is 1.42. The fraction of sp³-hybridized carbons (Fsp3) is 0.318. The fourth-order valence-electron chi connectivity index (χ4n) is 3.98. The van der Waals surface area contributed by atoms with Crippen LogP contribution in [0, 0.1) is 5.92 Å². The number of amides is 2. The van der Waals surface area contributed by atoms with Gasteiger partial charge in [-0.25, -0.2) is 0 Å². The van der Waals surface area contributed by atoms with E-state index in [0.29, 0.717) is 31.3 Å². The second-order valence-electron chi connectivity index (χ2n) is 7.74. The monoisotopic (exact) mass is 419 g/mol. The van der Waals surface area contributed by atoms with Gasteiger partial charge < -0.3 is 19.1 Å². The number of pyridine rings is 1. The average Bonchev–Trinajstić information content (AvgIpc) is 3.41. The Kier molecular flexibility index (Phi) is 4.85. The van der Waals surface area contributed by atoms with E-state index in [-0.39, 0.29) is 30.1 Å². The molecule has 5 rings (SSSR count). The molecular weight excluding hydrogens is 398 g/mol. The van der Waals surface area contributed by atoms with Crippen molar-refractivity contribution in [3.63, 3.8) is 0 Å². The van der Waals surface area contributed by atoms with Crippen molar-refractivity contribution >= 4 is 17.5 Å². The molecule has 9 nitrogen and oxygen atoms in total. The van der Waals surface area contributed by atoms with Crippen LogP contribution < -0.4 is 9.64 Å². The predicted octanol–water partition coefficient (Wildman–Crippen LogP) is 2.12. The highest BCUT2D eigenvalue weighted by Gasteiger charge is 2.42. The fourth-order valence-corrected chi connectivity index (χ4v) is 3.98. The minimum Gasteiger partial charge on any atom is -0.497 e. The van der Waals surface area contributed by atoms with E-state index in [0.717, 1.165) is 17.0 Å². The molecule has 2 saturated heterocycles. The number of carbonyl (C=O) groups is 2. The molecule has 2 amide bonds. The lowest BCUT2D eigenvalue weighted by atomic mass is 9.96. The third-order valence-corrected chi connectivity index (χ3v) is 5.78. The highest BCUT2D eigenvalue weighted by Crippen LogP contribution is 2.32. The second kappa shape index (κ2) is 7.82. The van der Waals surface area contributed by atoms with Gasteiger partial charge in [-0.3, -0.25) is 14.6 Å². The Bertz CT molecular complexity index is 1090. The van der Waals surface area contributed by atoms with Gasteiger partial charge in [0.05, 0.1) is 18.9 Å². The van der Waals surface area contributed by atoms with Crippen LogP contribution in [-0.2, 0) is 9.59 Å². The molecule has 31 heavy (non-hydrogen) atoms.